The van der Waals surface area contributed by atoms with Crippen LogP contribution in [-0.4, -0.2) is 48.4 Å². The van der Waals surface area contributed by atoms with E-state index in [-0.39, 0.29) is 42.3 Å². The quantitative estimate of drug-likeness (QED) is 0.791. The van der Waals surface area contributed by atoms with Gasteiger partial charge in [0.2, 0.25) is 11.8 Å². The Morgan fingerprint density at radius 2 is 2.00 bits per heavy atom. The molecule has 0 bridgehead atoms. The first-order valence-electron chi connectivity index (χ1n) is 6.09. The summed E-state index contributed by atoms with van der Waals surface area (Å²) in [6.07, 6.45) is 1.89. The molecule has 2 amide bonds. The zero-order chi connectivity index (χ0) is 13.1. The van der Waals surface area contributed by atoms with Gasteiger partial charge in [0.25, 0.3) is 0 Å². The van der Waals surface area contributed by atoms with Crippen molar-refractivity contribution in [3.8, 4) is 0 Å². The van der Waals surface area contributed by atoms with Crippen molar-refractivity contribution in [1.29, 1.82) is 0 Å². The van der Waals surface area contributed by atoms with Crippen LogP contribution < -0.4 is 10.6 Å². The molecule has 0 spiro atoms. The molecule has 0 unspecified atom stereocenters. The molecule has 1 aliphatic rings. The number of likely N-dealkylation sites (N-methyl/N-ethyl adjacent to an activating group) is 1. The SMILES string of the molecule is CN(CC(=O)NC(C)(C)C)C(=O)[C@@H]1CCCN1.Cl. The van der Waals surface area contributed by atoms with Gasteiger partial charge in [0.05, 0.1) is 12.6 Å². The van der Waals surface area contributed by atoms with Gasteiger partial charge >= 0.3 is 0 Å². The van der Waals surface area contributed by atoms with E-state index in [2.05, 4.69) is 10.6 Å². The van der Waals surface area contributed by atoms with Crippen LogP contribution in [0.5, 0.6) is 0 Å². The summed E-state index contributed by atoms with van der Waals surface area (Å²) in [5, 5.41) is 5.98. The highest BCUT2D eigenvalue weighted by Gasteiger charge is 2.26. The van der Waals surface area contributed by atoms with Gasteiger partial charge in [0.1, 0.15) is 0 Å². The zero-order valence-corrected chi connectivity index (χ0v) is 12.4. The third-order valence-corrected chi connectivity index (χ3v) is 2.63. The maximum Gasteiger partial charge on any atom is 0.240 e. The highest BCUT2D eigenvalue weighted by Crippen LogP contribution is 2.07. The molecule has 18 heavy (non-hydrogen) atoms. The van der Waals surface area contributed by atoms with Gasteiger partial charge in [-0.3, -0.25) is 9.59 Å². The lowest BCUT2D eigenvalue weighted by Crippen LogP contribution is -2.49. The highest BCUT2D eigenvalue weighted by atomic mass is 35.5. The summed E-state index contributed by atoms with van der Waals surface area (Å²) in [7, 11) is 1.67. The Labute approximate surface area is 115 Å². The van der Waals surface area contributed by atoms with Gasteiger partial charge < -0.3 is 15.5 Å². The highest BCUT2D eigenvalue weighted by molar-refractivity contribution is 5.87. The fraction of sp³-hybridized carbons (Fsp3) is 0.833. The average Bonchev–Trinajstić information content (AvgIpc) is 2.65. The molecule has 0 aliphatic carbocycles. The molecule has 0 saturated carbocycles. The number of nitrogens with zero attached hydrogens (tertiary/aromatic N) is 1. The molecule has 0 aromatic rings. The molecule has 0 aromatic carbocycles. The van der Waals surface area contributed by atoms with Crippen molar-refractivity contribution in [2.45, 2.75) is 45.2 Å². The second-order valence-corrected chi connectivity index (χ2v) is 5.64. The van der Waals surface area contributed by atoms with E-state index in [4.69, 9.17) is 0 Å². The van der Waals surface area contributed by atoms with Gasteiger partial charge in [-0.25, -0.2) is 0 Å². The van der Waals surface area contributed by atoms with Crippen molar-refractivity contribution in [3.05, 3.63) is 0 Å². The van der Waals surface area contributed by atoms with Gasteiger partial charge in [0.15, 0.2) is 0 Å². The Bertz CT molecular complexity index is 296. The molecule has 1 fully saturated rings. The molecule has 2 N–H and O–H groups in total. The largest absolute Gasteiger partial charge is 0.350 e. The van der Waals surface area contributed by atoms with Crippen LogP contribution in [0.1, 0.15) is 33.6 Å². The predicted octanol–water partition coefficient (Wildman–Crippen LogP) is 0.533. The number of nitrogens with one attached hydrogen (secondary N) is 2. The Hall–Kier alpha value is -0.810. The summed E-state index contributed by atoms with van der Waals surface area (Å²) >= 11 is 0. The van der Waals surface area contributed by atoms with E-state index in [9.17, 15) is 9.59 Å². The number of hydrogen-bond donors (Lipinski definition) is 2. The first-order chi connectivity index (χ1) is 7.79. The van der Waals surface area contributed by atoms with Crippen molar-refractivity contribution in [1.82, 2.24) is 15.5 Å². The van der Waals surface area contributed by atoms with Crippen molar-refractivity contribution in [2.75, 3.05) is 20.1 Å². The molecule has 1 rings (SSSR count). The molecular weight excluding hydrogens is 254 g/mol. The van der Waals surface area contributed by atoms with Gasteiger partial charge in [-0.05, 0) is 40.2 Å². The maximum atomic E-state index is 11.9. The average molecular weight is 278 g/mol. The lowest BCUT2D eigenvalue weighted by molar-refractivity contribution is -0.136. The second-order valence-electron chi connectivity index (χ2n) is 5.64. The third kappa shape index (κ3) is 5.69. The number of carbonyl (C=O) groups is 2. The number of amides is 2. The molecule has 1 aliphatic heterocycles. The van der Waals surface area contributed by atoms with E-state index in [1.807, 2.05) is 20.8 Å². The smallest absolute Gasteiger partial charge is 0.240 e. The molecule has 1 heterocycles. The van der Waals surface area contributed by atoms with Crippen LogP contribution in [-0.2, 0) is 9.59 Å². The van der Waals surface area contributed by atoms with Crippen LogP contribution in [0.25, 0.3) is 0 Å². The number of carbonyl (C=O) groups excluding carboxylic acids is 2. The summed E-state index contributed by atoms with van der Waals surface area (Å²) in [5.41, 5.74) is -0.257. The zero-order valence-electron chi connectivity index (χ0n) is 11.6. The lowest BCUT2D eigenvalue weighted by atomic mass is 10.1. The number of hydrogen-bond acceptors (Lipinski definition) is 3. The minimum Gasteiger partial charge on any atom is -0.350 e. The van der Waals surface area contributed by atoms with Crippen molar-refractivity contribution >= 4 is 24.2 Å². The number of halogens is 1. The van der Waals surface area contributed by atoms with Crippen LogP contribution in [0.3, 0.4) is 0 Å². The fourth-order valence-electron chi connectivity index (χ4n) is 1.91. The van der Waals surface area contributed by atoms with Crippen molar-refractivity contribution in [2.24, 2.45) is 0 Å². The van der Waals surface area contributed by atoms with E-state index < -0.39 is 0 Å². The standard InChI is InChI=1S/C12H23N3O2.ClH/c1-12(2,3)14-10(16)8-15(4)11(17)9-6-5-7-13-9;/h9,13H,5-8H2,1-4H3,(H,14,16);1H/t9-;/m0./s1. The van der Waals surface area contributed by atoms with Crippen LogP contribution in [0, 0.1) is 0 Å². The minimum atomic E-state index is -0.257. The fourth-order valence-corrected chi connectivity index (χ4v) is 1.91. The van der Waals surface area contributed by atoms with Crippen molar-refractivity contribution < 1.29 is 9.59 Å². The van der Waals surface area contributed by atoms with Gasteiger partial charge in [-0.2, -0.15) is 0 Å². The predicted molar refractivity (Wildman–Crippen MR) is 73.8 cm³/mol. The van der Waals surface area contributed by atoms with Crippen molar-refractivity contribution in [3.63, 3.8) is 0 Å². The Balaban J connectivity index is 0.00000289. The number of rotatable bonds is 3. The first kappa shape index (κ1) is 17.2. The molecule has 6 heteroatoms. The van der Waals surface area contributed by atoms with Gasteiger partial charge in [-0.15, -0.1) is 12.4 Å². The molecule has 1 atom stereocenters. The van der Waals surface area contributed by atoms with Crippen LogP contribution in [0.2, 0.25) is 0 Å². The summed E-state index contributed by atoms with van der Waals surface area (Å²) in [6.45, 7) is 6.77. The molecule has 106 valence electrons. The molecule has 5 nitrogen and oxygen atoms in total. The van der Waals surface area contributed by atoms with Crippen LogP contribution in [0.4, 0.5) is 0 Å². The Morgan fingerprint density at radius 3 is 2.44 bits per heavy atom. The summed E-state index contributed by atoms with van der Waals surface area (Å²) in [4.78, 5) is 25.1. The molecular formula is C12H24ClN3O2. The topological polar surface area (TPSA) is 61.4 Å². The van der Waals surface area contributed by atoms with E-state index in [0.29, 0.717) is 0 Å². The van der Waals surface area contributed by atoms with Crippen LogP contribution in [0.15, 0.2) is 0 Å². The molecule has 0 radical (unpaired) electrons. The summed E-state index contributed by atoms with van der Waals surface area (Å²) in [6, 6.07) is -0.109. The minimum absolute atomic E-state index is 0. The first-order valence-corrected chi connectivity index (χ1v) is 6.09. The summed E-state index contributed by atoms with van der Waals surface area (Å²) < 4.78 is 0. The lowest BCUT2D eigenvalue weighted by Gasteiger charge is -2.24. The second kappa shape index (κ2) is 6.95. The van der Waals surface area contributed by atoms with E-state index >= 15 is 0 Å². The molecule has 0 aromatic heterocycles. The normalized spacial score (nSPS) is 19.0. The van der Waals surface area contributed by atoms with Gasteiger partial charge in [-0.1, -0.05) is 0 Å². The Morgan fingerprint density at radius 1 is 1.39 bits per heavy atom. The van der Waals surface area contributed by atoms with Crippen LogP contribution >= 0.6 is 12.4 Å². The Kier molecular flexibility index (Phi) is 6.63. The maximum absolute atomic E-state index is 11.9. The molecule has 1 saturated heterocycles. The van der Waals surface area contributed by atoms with Gasteiger partial charge in [0, 0.05) is 12.6 Å². The van der Waals surface area contributed by atoms with E-state index in [1.54, 1.807) is 7.05 Å². The van der Waals surface area contributed by atoms with E-state index in [1.165, 1.54) is 4.90 Å². The third-order valence-electron chi connectivity index (χ3n) is 2.63. The monoisotopic (exact) mass is 277 g/mol. The summed E-state index contributed by atoms with van der Waals surface area (Å²) in [5.74, 6) is -0.113. The van der Waals surface area contributed by atoms with E-state index in [0.717, 1.165) is 19.4 Å².